The van der Waals surface area contributed by atoms with E-state index in [1.54, 1.807) is 12.1 Å². The van der Waals surface area contributed by atoms with Crippen LogP contribution in [-0.4, -0.2) is 22.0 Å². The minimum Gasteiger partial charge on any atom is -0.482 e. The van der Waals surface area contributed by atoms with Crippen LogP contribution in [0.4, 0.5) is 0 Å². The molecule has 0 saturated heterocycles. The summed E-state index contributed by atoms with van der Waals surface area (Å²) in [5.74, 6) is 0.117. The number of aryl methyl sites for hydroxylation is 2. The third-order valence-corrected chi connectivity index (χ3v) is 3.75. The van der Waals surface area contributed by atoms with E-state index >= 15 is 0 Å². The second kappa shape index (κ2) is 7.17. The van der Waals surface area contributed by atoms with Crippen molar-refractivity contribution < 1.29 is 14.3 Å². The lowest BCUT2D eigenvalue weighted by molar-refractivity contribution is -0.147. The number of nitrogens with zero attached hydrogens (tertiary/aromatic N) is 2. The minimum atomic E-state index is -0.519. The van der Waals surface area contributed by atoms with Crippen molar-refractivity contribution in [2.45, 2.75) is 20.5 Å². The predicted octanol–water partition coefficient (Wildman–Crippen LogP) is 2.43. The summed E-state index contributed by atoms with van der Waals surface area (Å²) in [4.78, 5) is 28.4. The van der Waals surface area contributed by atoms with Crippen molar-refractivity contribution in [1.29, 1.82) is 0 Å². The van der Waals surface area contributed by atoms with Crippen molar-refractivity contribution in [3.05, 3.63) is 75.8 Å². The van der Waals surface area contributed by atoms with Crippen LogP contribution < -0.4 is 10.3 Å². The van der Waals surface area contributed by atoms with E-state index in [0.29, 0.717) is 17.1 Å². The molecule has 6 heteroatoms. The molecular weight excluding hydrogens is 320 g/mol. The number of esters is 1. The number of hydrogen-bond donors (Lipinski definition) is 0. The van der Waals surface area contributed by atoms with Gasteiger partial charge in [0.2, 0.25) is 0 Å². The van der Waals surface area contributed by atoms with Crippen LogP contribution in [0.15, 0.2) is 53.3 Å². The molecule has 2 heterocycles. The van der Waals surface area contributed by atoms with Gasteiger partial charge in [0.15, 0.2) is 6.61 Å². The second-order valence-corrected chi connectivity index (χ2v) is 5.66. The number of carbonyl (C=O) groups excluding carboxylic acids is 1. The minimum absolute atomic E-state index is 0.0738. The van der Waals surface area contributed by atoms with E-state index in [4.69, 9.17) is 9.47 Å². The standard InChI is InChI=1S/C19H18N2O4/c1-13-6-3-4-8-16(13)24-12-19(23)25-11-15-10-18(22)21-14(2)7-5-9-17(21)20-15/h3-10H,11-12H2,1-2H3. The van der Waals surface area contributed by atoms with Gasteiger partial charge >= 0.3 is 5.97 Å². The Kier molecular flexibility index (Phi) is 4.79. The van der Waals surface area contributed by atoms with Gasteiger partial charge in [-0.25, -0.2) is 9.78 Å². The van der Waals surface area contributed by atoms with Crippen LogP contribution in [0.2, 0.25) is 0 Å². The molecule has 0 amide bonds. The first kappa shape index (κ1) is 16.7. The number of benzene rings is 1. The van der Waals surface area contributed by atoms with Gasteiger partial charge in [-0.3, -0.25) is 9.20 Å². The van der Waals surface area contributed by atoms with Crippen LogP contribution >= 0.6 is 0 Å². The van der Waals surface area contributed by atoms with Gasteiger partial charge in [0.05, 0.1) is 5.69 Å². The molecule has 6 nitrogen and oxygen atoms in total. The molecule has 3 aromatic rings. The average molecular weight is 338 g/mol. The maximum Gasteiger partial charge on any atom is 0.344 e. The number of fused-ring (bicyclic) bond motifs is 1. The number of aromatic nitrogens is 2. The SMILES string of the molecule is Cc1ccccc1OCC(=O)OCc1cc(=O)n2c(C)cccc2n1. The Hall–Kier alpha value is -3.15. The smallest absolute Gasteiger partial charge is 0.344 e. The van der Waals surface area contributed by atoms with Crippen LogP contribution in [0, 0.1) is 13.8 Å². The van der Waals surface area contributed by atoms with Crippen LogP contribution in [-0.2, 0) is 16.1 Å². The van der Waals surface area contributed by atoms with E-state index in [1.807, 2.05) is 44.2 Å². The lowest BCUT2D eigenvalue weighted by Gasteiger charge is -2.09. The van der Waals surface area contributed by atoms with Crippen molar-refractivity contribution in [2.24, 2.45) is 0 Å². The van der Waals surface area contributed by atoms with Crippen LogP contribution in [0.1, 0.15) is 17.0 Å². The number of ether oxygens (including phenoxy) is 2. The fraction of sp³-hybridized carbons (Fsp3) is 0.211. The Labute approximate surface area is 144 Å². The maximum atomic E-state index is 12.2. The molecule has 0 saturated carbocycles. The molecule has 0 radical (unpaired) electrons. The molecule has 25 heavy (non-hydrogen) atoms. The van der Waals surface area contributed by atoms with Crippen molar-refractivity contribution in [3.8, 4) is 5.75 Å². The summed E-state index contributed by atoms with van der Waals surface area (Å²) in [5.41, 5.74) is 2.46. The first-order valence-electron chi connectivity index (χ1n) is 7.87. The van der Waals surface area contributed by atoms with Crippen molar-refractivity contribution in [2.75, 3.05) is 6.61 Å². The largest absolute Gasteiger partial charge is 0.482 e. The Bertz CT molecular complexity index is 979. The van der Waals surface area contributed by atoms with Gasteiger partial charge < -0.3 is 9.47 Å². The van der Waals surface area contributed by atoms with Gasteiger partial charge in [0, 0.05) is 11.8 Å². The zero-order valence-corrected chi connectivity index (χ0v) is 14.1. The topological polar surface area (TPSA) is 69.9 Å². The molecule has 0 aliphatic heterocycles. The fourth-order valence-corrected chi connectivity index (χ4v) is 2.49. The molecule has 0 aliphatic rings. The fourth-order valence-electron chi connectivity index (χ4n) is 2.49. The summed E-state index contributed by atoms with van der Waals surface area (Å²) in [6.07, 6.45) is 0. The second-order valence-electron chi connectivity index (χ2n) is 5.66. The first-order valence-corrected chi connectivity index (χ1v) is 7.87. The zero-order chi connectivity index (χ0) is 17.8. The summed E-state index contributed by atoms with van der Waals surface area (Å²) in [6.45, 7) is 3.46. The van der Waals surface area contributed by atoms with E-state index in [9.17, 15) is 9.59 Å². The molecule has 3 rings (SSSR count). The summed E-state index contributed by atoms with van der Waals surface area (Å²) in [7, 11) is 0. The zero-order valence-electron chi connectivity index (χ0n) is 14.1. The molecule has 0 bridgehead atoms. The van der Waals surface area contributed by atoms with Gasteiger partial charge in [-0.1, -0.05) is 24.3 Å². The highest BCUT2D eigenvalue weighted by molar-refractivity contribution is 5.71. The van der Waals surface area contributed by atoms with Crippen LogP contribution in [0.5, 0.6) is 5.75 Å². The number of hydrogen-bond acceptors (Lipinski definition) is 5. The molecular formula is C19H18N2O4. The molecule has 128 valence electrons. The van der Waals surface area contributed by atoms with Crippen molar-refractivity contribution in [3.63, 3.8) is 0 Å². The van der Waals surface area contributed by atoms with Gasteiger partial charge in [-0.15, -0.1) is 0 Å². The Morgan fingerprint density at radius 3 is 2.72 bits per heavy atom. The molecule has 0 spiro atoms. The maximum absolute atomic E-state index is 12.2. The molecule has 0 N–H and O–H groups in total. The third kappa shape index (κ3) is 3.85. The van der Waals surface area contributed by atoms with Crippen molar-refractivity contribution in [1.82, 2.24) is 9.38 Å². The average Bonchev–Trinajstić information content (AvgIpc) is 2.59. The number of pyridine rings is 1. The highest BCUT2D eigenvalue weighted by Crippen LogP contribution is 2.16. The number of para-hydroxylation sites is 1. The highest BCUT2D eigenvalue weighted by atomic mass is 16.6. The molecule has 0 atom stereocenters. The van der Waals surface area contributed by atoms with E-state index in [-0.39, 0.29) is 18.8 Å². The number of carbonyl (C=O) groups is 1. The lowest BCUT2D eigenvalue weighted by Crippen LogP contribution is -2.19. The monoisotopic (exact) mass is 338 g/mol. The molecule has 0 fully saturated rings. The highest BCUT2D eigenvalue weighted by Gasteiger charge is 2.09. The quantitative estimate of drug-likeness (QED) is 0.668. The Morgan fingerprint density at radius 2 is 1.92 bits per heavy atom. The molecule has 2 aromatic heterocycles. The Balaban J connectivity index is 1.63. The van der Waals surface area contributed by atoms with Gasteiger partial charge in [0.25, 0.3) is 5.56 Å². The van der Waals surface area contributed by atoms with Gasteiger partial charge in [0.1, 0.15) is 18.0 Å². The van der Waals surface area contributed by atoms with Crippen LogP contribution in [0.3, 0.4) is 0 Å². The summed E-state index contributed by atoms with van der Waals surface area (Å²) >= 11 is 0. The summed E-state index contributed by atoms with van der Waals surface area (Å²) < 4.78 is 12.1. The van der Waals surface area contributed by atoms with Gasteiger partial charge in [-0.05, 0) is 37.6 Å². The normalized spacial score (nSPS) is 10.6. The van der Waals surface area contributed by atoms with E-state index < -0.39 is 5.97 Å². The van der Waals surface area contributed by atoms with E-state index in [0.717, 1.165) is 11.3 Å². The molecule has 1 aromatic carbocycles. The van der Waals surface area contributed by atoms with E-state index in [1.165, 1.54) is 10.5 Å². The predicted molar refractivity (Wildman–Crippen MR) is 92.7 cm³/mol. The van der Waals surface area contributed by atoms with Crippen molar-refractivity contribution >= 4 is 11.6 Å². The lowest BCUT2D eigenvalue weighted by atomic mass is 10.2. The molecule has 0 unspecified atom stereocenters. The molecule has 0 aliphatic carbocycles. The Morgan fingerprint density at radius 1 is 1.12 bits per heavy atom. The first-order chi connectivity index (χ1) is 12.0. The summed E-state index contributed by atoms with van der Waals surface area (Å²) in [5, 5.41) is 0. The third-order valence-electron chi connectivity index (χ3n) is 3.75. The summed E-state index contributed by atoms with van der Waals surface area (Å²) in [6, 6.07) is 14.2. The van der Waals surface area contributed by atoms with Crippen LogP contribution in [0.25, 0.3) is 5.65 Å². The number of rotatable bonds is 5. The van der Waals surface area contributed by atoms with E-state index in [2.05, 4.69) is 4.98 Å². The van der Waals surface area contributed by atoms with Gasteiger partial charge in [-0.2, -0.15) is 0 Å².